The van der Waals surface area contributed by atoms with Crippen molar-refractivity contribution >= 4 is 33.5 Å². The van der Waals surface area contributed by atoms with E-state index in [1.165, 1.54) is 5.56 Å². The molecule has 1 aromatic heterocycles. The molecule has 0 radical (unpaired) electrons. The number of nitrogens with zero attached hydrogens (tertiary/aromatic N) is 3. The number of fused-ring (bicyclic) bond motifs is 1. The number of carboxylic acids is 1. The van der Waals surface area contributed by atoms with Crippen LogP contribution in [-0.2, 0) is 13.0 Å². The van der Waals surface area contributed by atoms with Crippen LogP contribution < -0.4 is 10.2 Å². The van der Waals surface area contributed by atoms with Gasteiger partial charge in [-0.05, 0) is 71.3 Å². The van der Waals surface area contributed by atoms with Crippen molar-refractivity contribution in [2.45, 2.75) is 64.6 Å². The average Bonchev–Trinajstić information content (AvgIpc) is 3.39. The second-order valence-electron chi connectivity index (χ2n) is 9.31. The molecule has 4 rings (SSSR count). The zero-order valence-electron chi connectivity index (χ0n) is 20.3. The van der Waals surface area contributed by atoms with Gasteiger partial charge in [0.05, 0.1) is 17.9 Å². The second kappa shape index (κ2) is 11.0. The number of hydrogen-bond acceptors (Lipinski definition) is 4. The van der Waals surface area contributed by atoms with Gasteiger partial charge in [-0.2, -0.15) is 22.0 Å². The summed E-state index contributed by atoms with van der Waals surface area (Å²) in [5.74, 6) is -4.04. The molecule has 1 fully saturated rings. The van der Waals surface area contributed by atoms with Crippen molar-refractivity contribution in [1.82, 2.24) is 14.9 Å². The molecule has 1 saturated carbocycles. The van der Waals surface area contributed by atoms with E-state index in [1.54, 1.807) is 0 Å². The molecule has 36 heavy (non-hydrogen) atoms. The number of carbonyl (C=O) groups is 1. The summed E-state index contributed by atoms with van der Waals surface area (Å²) >= 11 is 3.65. The highest BCUT2D eigenvalue weighted by Crippen LogP contribution is 2.38. The number of alkyl halides is 5. The number of carboxylic acid groups (broad SMARTS) is 1. The first-order valence-electron chi connectivity index (χ1n) is 11.8. The maximum atomic E-state index is 12.2. The van der Waals surface area contributed by atoms with E-state index in [1.807, 2.05) is 11.5 Å². The standard InChI is InChI=1S/C17H20BrN3O2.C7H10F5N/c1-4-13-15(16(22)23)21-8-7-20(17(21)19-13)14-6-5-11(10(2)3)9-12(14)18;8-6(9,7(10,11)12)4-13-3-5-1-2-5/h5-6,9-10H,4,7-8H2,1-3H3,(H,22,23);5,13H,1-4H2. The number of aromatic carboxylic acids is 1. The van der Waals surface area contributed by atoms with E-state index in [0.717, 1.165) is 35.5 Å². The van der Waals surface area contributed by atoms with Crippen molar-refractivity contribution in [2.24, 2.45) is 5.92 Å². The lowest BCUT2D eigenvalue weighted by Crippen LogP contribution is -2.45. The lowest BCUT2D eigenvalue weighted by atomic mass is 10.0. The number of imidazole rings is 1. The Morgan fingerprint density at radius 1 is 1.22 bits per heavy atom. The molecule has 2 N–H and O–H groups in total. The SMILES string of the molecule is CCc1nc2n(c1C(=O)O)CCN2c1ccc(C(C)C)cc1Br.FC(F)(F)C(F)(F)CNCC1CC1. The zero-order chi connectivity index (χ0) is 26.8. The van der Waals surface area contributed by atoms with Gasteiger partial charge in [-0.3, -0.25) is 0 Å². The highest BCUT2D eigenvalue weighted by Gasteiger charge is 2.57. The summed E-state index contributed by atoms with van der Waals surface area (Å²) in [5.41, 5.74) is 3.26. The van der Waals surface area contributed by atoms with Crippen molar-refractivity contribution in [3.8, 4) is 0 Å². The predicted molar refractivity (Wildman–Crippen MR) is 130 cm³/mol. The Kier molecular flexibility index (Phi) is 8.70. The van der Waals surface area contributed by atoms with E-state index < -0.39 is 24.6 Å². The van der Waals surface area contributed by atoms with Crippen molar-refractivity contribution in [3.63, 3.8) is 0 Å². The summed E-state index contributed by atoms with van der Waals surface area (Å²) in [6, 6.07) is 6.33. The molecule has 2 aromatic rings. The fourth-order valence-corrected chi connectivity index (χ4v) is 4.49. The smallest absolute Gasteiger partial charge is 0.454 e. The fraction of sp³-hybridized carbons (Fsp3) is 0.583. The molecule has 0 bridgehead atoms. The molecule has 0 unspecified atom stereocenters. The van der Waals surface area contributed by atoms with E-state index in [4.69, 9.17) is 0 Å². The molecule has 0 spiro atoms. The van der Waals surface area contributed by atoms with Crippen LogP contribution in [0, 0.1) is 5.92 Å². The quantitative estimate of drug-likeness (QED) is 0.355. The lowest BCUT2D eigenvalue weighted by molar-refractivity contribution is -0.279. The van der Waals surface area contributed by atoms with Crippen molar-refractivity contribution in [2.75, 3.05) is 24.5 Å². The third-order valence-electron chi connectivity index (χ3n) is 6.17. The Bertz CT molecular complexity index is 1080. The van der Waals surface area contributed by atoms with Gasteiger partial charge >= 0.3 is 18.1 Å². The minimum atomic E-state index is -5.44. The van der Waals surface area contributed by atoms with Gasteiger partial charge in [-0.25, -0.2) is 9.78 Å². The maximum Gasteiger partial charge on any atom is 0.454 e. The highest BCUT2D eigenvalue weighted by atomic mass is 79.9. The molecular weight excluding hydrogens is 551 g/mol. The summed E-state index contributed by atoms with van der Waals surface area (Å²) in [6.45, 7) is 6.57. The average molecular weight is 581 g/mol. The molecule has 0 atom stereocenters. The fourth-order valence-electron chi connectivity index (χ4n) is 3.88. The van der Waals surface area contributed by atoms with Crippen molar-refractivity contribution in [1.29, 1.82) is 0 Å². The van der Waals surface area contributed by atoms with Gasteiger partial charge in [0.1, 0.15) is 0 Å². The molecule has 6 nitrogen and oxygen atoms in total. The van der Waals surface area contributed by atoms with Gasteiger partial charge in [0.15, 0.2) is 5.69 Å². The van der Waals surface area contributed by atoms with Gasteiger partial charge < -0.3 is 19.9 Å². The van der Waals surface area contributed by atoms with Crippen LogP contribution in [0.4, 0.5) is 33.6 Å². The first-order chi connectivity index (χ1) is 16.8. The van der Waals surface area contributed by atoms with E-state index in [2.05, 4.69) is 63.2 Å². The van der Waals surface area contributed by atoms with Crippen LogP contribution in [0.15, 0.2) is 22.7 Å². The Morgan fingerprint density at radius 3 is 2.39 bits per heavy atom. The monoisotopic (exact) mass is 580 g/mol. The van der Waals surface area contributed by atoms with Crippen LogP contribution in [0.5, 0.6) is 0 Å². The number of aromatic nitrogens is 2. The Labute approximate surface area is 215 Å². The number of hydrogen-bond donors (Lipinski definition) is 2. The number of anilines is 2. The number of benzene rings is 1. The summed E-state index contributed by atoms with van der Waals surface area (Å²) < 4.78 is 62.0. The van der Waals surface area contributed by atoms with E-state index in [-0.39, 0.29) is 6.54 Å². The largest absolute Gasteiger partial charge is 0.477 e. The van der Waals surface area contributed by atoms with Crippen LogP contribution in [0.2, 0.25) is 0 Å². The second-order valence-corrected chi connectivity index (χ2v) is 10.2. The molecule has 0 saturated heterocycles. The first-order valence-corrected chi connectivity index (χ1v) is 12.6. The number of aryl methyl sites for hydroxylation is 1. The van der Waals surface area contributed by atoms with Gasteiger partial charge in [0.25, 0.3) is 0 Å². The first kappa shape index (κ1) is 28.4. The third kappa shape index (κ3) is 6.37. The van der Waals surface area contributed by atoms with Crippen LogP contribution in [-0.4, -0.2) is 52.4 Å². The Balaban J connectivity index is 0.000000236. The summed E-state index contributed by atoms with van der Waals surface area (Å²) in [6.07, 6.45) is -2.98. The molecule has 1 aliphatic carbocycles. The Hall–Kier alpha value is -2.21. The molecular formula is C24H30BrF5N4O2. The van der Waals surface area contributed by atoms with Gasteiger partial charge in [-0.1, -0.05) is 26.8 Å². The normalized spacial score (nSPS) is 15.7. The van der Waals surface area contributed by atoms with Gasteiger partial charge in [-0.15, -0.1) is 0 Å². The van der Waals surface area contributed by atoms with Gasteiger partial charge in [0, 0.05) is 17.6 Å². The third-order valence-corrected chi connectivity index (χ3v) is 6.80. The summed E-state index contributed by atoms with van der Waals surface area (Å²) in [5, 5.41) is 11.6. The van der Waals surface area contributed by atoms with Crippen LogP contribution in [0.25, 0.3) is 0 Å². The minimum Gasteiger partial charge on any atom is -0.477 e. The molecule has 1 aromatic carbocycles. The van der Waals surface area contributed by atoms with Crippen LogP contribution >= 0.6 is 15.9 Å². The van der Waals surface area contributed by atoms with E-state index in [0.29, 0.717) is 36.2 Å². The molecule has 12 heteroatoms. The van der Waals surface area contributed by atoms with Crippen molar-refractivity contribution < 1.29 is 31.9 Å². The Morgan fingerprint density at radius 2 is 1.89 bits per heavy atom. The summed E-state index contributed by atoms with van der Waals surface area (Å²) in [7, 11) is 0. The van der Waals surface area contributed by atoms with Crippen molar-refractivity contribution in [3.05, 3.63) is 39.6 Å². The van der Waals surface area contributed by atoms with E-state index >= 15 is 0 Å². The molecule has 2 aliphatic rings. The van der Waals surface area contributed by atoms with Gasteiger partial charge in [0.2, 0.25) is 5.95 Å². The summed E-state index contributed by atoms with van der Waals surface area (Å²) in [4.78, 5) is 18.2. The number of nitrogens with one attached hydrogen (secondary N) is 1. The maximum absolute atomic E-state index is 12.2. The van der Waals surface area contributed by atoms with Crippen LogP contribution in [0.1, 0.15) is 61.3 Å². The highest BCUT2D eigenvalue weighted by molar-refractivity contribution is 9.10. The predicted octanol–water partition coefficient (Wildman–Crippen LogP) is 6.36. The van der Waals surface area contributed by atoms with E-state index in [9.17, 15) is 31.9 Å². The molecule has 2 heterocycles. The zero-order valence-corrected chi connectivity index (χ0v) is 21.9. The molecule has 200 valence electrons. The topological polar surface area (TPSA) is 70.4 Å². The lowest BCUT2D eigenvalue weighted by Gasteiger charge is -2.19. The molecule has 1 aliphatic heterocycles. The minimum absolute atomic E-state index is 0.256. The molecule has 0 amide bonds. The number of rotatable bonds is 8. The number of halogens is 6. The van der Waals surface area contributed by atoms with Crippen LogP contribution in [0.3, 0.4) is 0 Å².